The standard InChI is InChI=1S/C18H23N9/c1-14-6-7-27(23-14)16-5-4-15(21-22-16)25-8-10-26(11-9-25)18-12-17(24(2)3)19-13-20-18/h4-7,12-13H,8-11H2,1-3H3. The molecule has 9 heteroatoms. The summed E-state index contributed by atoms with van der Waals surface area (Å²) in [7, 11) is 3.97. The van der Waals surface area contributed by atoms with Gasteiger partial charge in [-0.15, -0.1) is 10.2 Å². The highest BCUT2D eigenvalue weighted by atomic mass is 15.4. The SMILES string of the molecule is Cc1ccn(-c2ccc(N3CCN(c4cc(N(C)C)ncn4)CC3)nn2)n1. The van der Waals surface area contributed by atoms with E-state index in [2.05, 4.69) is 35.1 Å². The van der Waals surface area contributed by atoms with E-state index in [9.17, 15) is 0 Å². The number of rotatable bonds is 4. The summed E-state index contributed by atoms with van der Waals surface area (Å²) in [5.41, 5.74) is 0.958. The zero-order chi connectivity index (χ0) is 18.8. The van der Waals surface area contributed by atoms with Crippen LogP contribution in [0.25, 0.3) is 5.82 Å². The molecule has 1 saturated heterocycles. The molecule has 0 N–H and O–H groups in total. The smallest absolute Gasteiger partial charge is 0.175 e. The molecule has 0 saturated carbocycles. The lowest BCUT2D eigenvalue weighted by molar-refractivity contribution is 0.636. The molecule has 140 valence electrons. The zero-order valence-electron chi connectivity index (χ0n) is 15.8. The molecule has 1 aliphatic rings. The molecule has 1 fully saturated rings. The maximum atomic E-state index is 4.42. The first-order valence-corrected chi connectivity index (χ1v) is 8.96. The van der Waals surface area contributed by atoms with Gasteiger partial charge in [0.25, 0.3) is 0 Å². The Bertz CT molecular complexity index is 895. The Hall–Kier alpha value is -3.23. The molecule has 4 rings (SSSR count). The summed E-state index contributed by atoms with van der Waals surface area (Å²) in [5, 5.41) is 13.1. The van der Waals surface area contributed by atoms with Crippen LogP contribution < -0.4 is 14.7 Å². The van der Waals surface area contributed by atoms with Crippen LogP contribution in [0.15, 0.2) is 36.8 Å². The van der Waals surface area contributed by atoms with E-state index >= 15 is 0 Å². The Labute approximate surface area is 158 Å². The zero-order valence-corrected chi connectivity index (χ0v) is 15.8. The minimum atomic E-state index is 0.725. The predicted molar refractivity (Wildman–Crippen MR) is 105 cm³/mol. The van der Waals surface area contributed by atoms with Gasteiger partial charge in [-0.1, -0.05) is 0 Å². The van der Waals surface area contributed by atoms with E-state index in [0.717, 1.165) is 55.1 Å². The first-order chi connectivity index (χ1) is 13.1. The van der Waals surface area contributed by atoms with E-state index in [1.165, 1.54) is 0 Å². The molecule has 0 atom stereocenters. The Morgan fingerprint density at radius 1 is 0.852 bits per heavy atom. The Morgan fingerprint density at radius 2 is 1.52 bits per heavy atom. The van der Waals surface area contributed by atoms with Crippen LogP contribution in [0.5, 0.6) is 0 Å². The second kappa shape index (κ2) is 7.18. The van der Waals surface area contributed by atoms with Crippen molar-refractivity contribution in [1.82, 2.24) is 29.9 Å². The van der Waals surface area contributed by atoms with Crippen molar-refractivity contribution in [2.24, 2.45) is 0 Å². The van der Waals surface area contributed by atoms with Gasteiger partial charge in [-0.3, -0.25) is 0 Å². The molecule has 3 aromatic heterocycles. The monoisotopic (exact) mass is 365 g/mol. The lowest BCUT2D eigenvalue weighted by atomic mass is 10.3. The number of piperazine rings is 1. The molecule has 9 nitrogen and oxygen atoms in total. The third kappa shape index (κ3) is 3.67. The van der Waals surface area contributed by atoms with Gasteiger partial charge in [-0.05, 0) is 25.1 Å². The van der Waals surface area contributed by atoms with E-state index in [1.54, 1.807) is 11.0 Å². The highest BCUT2D eigenvalue weighted by molar-refractivity contribution is 5.51. The third-order valence-corrected chi connectivity index (χ3v) is 4.62. The third-order valence-electron chi connectivity index (χ3n) is 4.62. The van der Waals surface area contributed by atoms with Gasteiger partial charge in [-0.2, -0.15) is 5.10 Å². The van der Waals surface area contributed by atoms with Crippen molar-refractivity contribution < 1.29 is 0 Å². The van der Waals surface area contributed by atoms with Gasteiger partial charge in [0.2, 0.25) is 0 Å². The molecule has 0 aliphatic carbocycles. The Kier molecular flexibility index (Phi) is 4.57. The van der Waals surface area contributed by atoms with E-state index in [0.29, 0.717) is 0 Å². The van der Waals surface area contributed by atoms with E-state index in [4.69, 9.17) is 0 Å². The van der Waals surface area contributed by atoms with Gasteiger partial charge in [0.1, 0.15) is 18.0 Å². The highest BCUT2D eigenvalue weighted by Crippen LogP contribution is 2.20. The van der Waals surface area contributed by atoms with Crippen molar-refractivity contribution in [1.29, 1.82) is 0 Å². The fourth-order valence-electron chi connectivity index (χ4n) is 3.07. The van der Waals surface area contributed by atoms with Crippen LogP contribution >= 0.6 is 0 Å². The maximum Gasteiger partial charge on any atom is 0.175 e. The molecule has 0 bridgehead atoms. The summed E-state index contributed by atoms with van der Waals surface area (Å²) >= 11 is 0. The Balaban J connectivity index is 1.41. The second-order valence-electron chi connectivity index (χ2n) is 6.75. The van der Waals surface area contributed by atoms with Gasteiger partial charge in [0.05, 0.1) is 5.69 Å². The van der Waals surface area contributed by atoms with Crippen molar-refractivity contribution in [3.63, 3.8) is 0 Å². The maximum absolute atomic E-state index is 4.42. The van der Waals surface area contributed by atoms with Crippen LogP contribution in [0.3, 0.4) is 0 Å². The van der Waals surface area contributed by atoms with Crippen molar-refractivity contribution in [2.45, 2.75) is 6.92 Å². The van der Waals surface area contributed by atoms with Crippen LogP contribution in [0.1, 0.15) is 5.69 Å². The van der Waals surface area contributed by atoms with E-state index < -0.39 is 0 Å². The number of aromatic nitrogens is 6. The van der Waals surface area contributed by atoms with Gasteiger partial charge >= 0.3 is 0 Å². The van der Waals surface area contributed by atoms with Gasteiger partial charge in [-0.25, -0.2) is 14.6 Å². The van der Waals surface area contributed by atoms with Crippen molar-refractivity contribution in [3.05, 3.63) is 42.5 Å². The highest BCUT2D eigenvalue weighted by Gasteiger charge is 2.20. The summed E-state index contributed by atoms with van der Waals surface area (Å²) in [4.78, 5) is 15.2. The molecular formula is C18H23N9. The van der Waals surface area contributed by atoms with Gasteiger partial charge in [0.15, 0.2) is 11.6 Å². The van der Waals surface area contributed by atoms with Crippen LogP contribution in [0.4, 0.5) is 17.5 Å². The van der Waals surface area contributed by atoms with E-state index in [1.807, 2.05) is 56.4 Å². The molecule has 0 spiro atoms. The predicted octanol–water partition coefficient (Wildman–Crippen LogP) is 1.15. The Morgan fingerprint density at radius 3 is 2.11 bits per heavy atom. The molecular weight excluding hydrogens is 342 g/mol. The van der Waals surface area contributed by atoms with Crippen LogP contribution in [0.2, 0.25) is 0 Å². The fourth-order valence-corrected chi connectivity index (χ4v) is 3.07. The largest absolute Gasteiger partial charge is 0.363 e. The first kappa shape index (κ1) is 17.2. The average Bonchev–Trinajstić information content (AvgIpc) is 3.15. The van der Waals surface area contributed by atoms with Crippen molar-refractivity contribution in [3.8, 4) is 5.82 Å². The van der Waals surface area contributed by atoms with Gasteiger partial charge < -0.3 is 14.7 Å². The van der Waals surface area contributed by atoms with Crippen molar-refractivity contribution in [2.75, 3.05) is 55.0 Å². The number of hydrogen-bond acceptors (Lipinski definition) is 8. The quantitative estimate of drug-likeness (QED) is 0.681. The average molecular weight is 365 g/mol. The lowest BCUT2D eigenvalue weighted by Gasteiger charge is -2.35. The summed E-state index contributed by atoms with van der Waals surface area (Å²) in [6.45, 7) is 5.46. The summed E-state index contributed by atoms with van der Waals surface area (Å²) in [6, 6.07) is 7.93. The summed E-state index contributed by atoms with van der Waals surface area (Å²) in [6.07, 6.45) is 3.51. The normalized spacial score (nSPS) is 14.5. The van der Waals surface area contributed by atoms with Crippen LogP contribution in [-0.2, 0) is 0 Å². The number of hydrogen-bond donors (Lipinski definition) is 0. The van der Waals surface area contributed by atoms with Gasteiger partial charge in [0, 0.05) is 52.5 Å². The molecule has 0 amide bonds. The van der Waals surface area contributed by atoms with Crippen molar-refractivity contribution >= 4 is 17.5 Å². The molecule has 0 unspecified atom stereocenters. The fraction of sp³-hybridized carbons (Fsp3) is 0.389. The van der Waals surface area contributed by atoms with Crippen LogP contribution in [0, 0.1) is 6.92 Å². The molecule has 0 radical (unpaired) electrons. The lowest BCUT2D eigenvalue weighted by Crippen LogP contribution is -2.47. The van der Waals surface area contributed by atoms with Crippen LogP contribution in [-0.4, -0.2) is 70.2 Å². The number of anilines is 3. The summed E-state index contributed by atoms with van der Waals surface area (Å²) in [5.74, 6) is 3.49. The summed E-state index contributed by atoms with van der Waals surface area (Å²) < 4.78 is 1.74. The number of aryl methyl sites for hydroxylation is 1. The first-order valence-electron chi connectivity index (χ1n) is 8.96. The van der Waals surface area contributed by atoms with E-state index in [-0.39, 0.29) is 0 Å². The topological polar surface area (TPSA) is 79.1 Å². The minimum absolute atomic E-state index is 0.725. The second-order valence-corrected chi connectivity index (χ2v) is 6.75. The molecule has 4 heterocycles. The molecule has 27 heavy (non-hydrogen) atoms. The molecule has 0 aromatic carbocycles. The number of nitrogens with zero attached hydrogens (tertiary/aromatic N) is 9. The minimum Gasteiger partial charge on any atom is -0.363 e. The molecule has 1 aliphatic heterocycles. The molecule has 3 aromatic rings.